The number of oxazole rings is 1. The SMILES string of the molecule is O=C(O)c1ccc(-c2cnc(Nc3cccc(C(=O)NCCN4CCCC4)c3)o2)cc1. The normalized spacial score (nSPS) is 13.8. The number of amides is 1. The Kier molecular flexibility index (Phi) is 6.28. The number of likely N-dealkylation sites (tertiary alicyclic amines) is 1. The lowest BCUT2D eigenvalue weighted by Gasteiger charge is -2.14. The molecule has 31 heavy (non-hydrogen) atoms. The number of hydrogen-bond donors (Lipinski definition) is 3. The molecule has 1 aliphatic heterocycles. The number of aromatic carboxylic acids is 1. The van der Waals surface area contributed by atoms with Gasteiger partial charge in [-0.15, -0.1) is 0 Å². The van der Waals surface area contributed by atoms with Gasteiger partial charge >= 0.3 is 5.97 Å². The molecule has 160 valence electrons. The molecular weight excluding hydrogens is 396 g/mol. The summed E-state index contributed by atoms with van der Waals surface area (Å²) in [5.74, 6) is -0.587. The molecule has 0 bridgehead atoms. The third kappa shape index (κ3) is 5.29. The van der Waals surface area contributed by atoms with Crippen molar-refractivity contribution in [3.8, 4) is 11.3 Å². The van der Waals surface area contributed by atoms with E-state index in [0.29, 0.717) is 23.6 Å². The largest absolute Gasteiger partial charge is 0.478 e. The standard InChI is InChI=1S/C23H24N4O4/c28-21(24-10-13-27-11-1-2-12-27)18-4-3-5-19(14-18)26-23-25-15-20(31-23)16-6-8-17(9-7-16)22(29)30/h3-9,14-15H,1-2,10-13H2,(H,24,28)(H,25,26)(H,29,30). The van der Waals surface area contributed by atoms with Crippen LogP contribution in [0.25, 0.3) is 11.3 Å². The van der Waals surface area contributed by atoms with E-state index in [1.165, 1.54) is 25.0 Å². The minimum absolute atomic E-state index is 0.116. The number of nitrogens with one attached hydrogen (secondary N) is 2. The Morgan fingerprint density at radius 3 is 2.58 bits per heavy atom. The highest BCUT2D eigenvalue weighted by Crippen LogP contribution is 2.25. The number of carboxylic acids is 1. The number of carbonyl (C=O) groups excluding carboxylic acids is 1. The van der Waals surface area contributed by atoms with Crippen molar-refractivity contribution in [3.63, 3.8) is 0 Å². The summed E-state index contributed by atoms with van der Waals surface area (Å²) in [5.41, 5.74) is 2.16. The van der Waals surface area contributed by atoms with Gasteiger partial charge in [0.25, 0.3) is 11.9 Å². The minimum Gasteiger partial charge on any atom is -0.478 e. The summed E-state index contributed by atoms with van der Waals surface area (Å²) in [5, 5.41) is 15.0. The summed E-state index contributed by atoms with van der Waals surface area (Å²) < 4.78 is 5.72. The van der Waals surface area contributed by atoms with Crippen LogP contribution in [0.2, 0.25) is 0 Å². The fraction of sp³-hybridized carbons (Fsp3) is 0.261. The second-order valence-electron chi connectivity index (χ2n) is 7.42. The number of rotatable bonds is 8. The molecule has 0 saturated carbocycles. The molecule has 8 heteroatoms. The lowest BCUT2D eigenvalue weighted by molar-refractivity contribution is 0.0696. The highest BCUT2D eigenvalue weighted by atomic mass is 16.4. The van der Waals surface area contributed by atoms with E-state index in [4.69, 9.17) is 9.52 Å². The molecule has 1 aromatic heterocycles. The number of carboxylic acid groups (broad SMARTS) is 1. The van der Waals surface area contributed by atoms with Crippen molar-refractivity contribution < 1.29 is 19.1 Å². The van der Waals surface area contributed by atoms with Crippen molar-refractivity contribution in [1.82, 2.24) is 15.2 Å². The Labute approximate surface area is 179 Å². The maximum atomic E-state index is 12.4. The molecule has 3 aromatic rings. The molecule has 0 radical (unpaired) electrons. The molecule has 1 fully saturated rings. The third-order valence-electron chi connectivity index (χ3n) is 5.21. The van der Waals surface area contributed by atoms with E-state index in [1.54, 1.807) is 36.5 Å². The minimum atomic E-state index is -0.980. The summed E-state index contributed by atoms with van der Waals surface area (Å²) in [7, 11) is 0. The van der Waals surface area contributed by atoms with Crippen molar-refractivity contribution >= 4 is 23.6 Å². The molecule has 0 spiro atoms. The molecular formula is C23H24N4O4. The zero-order chi connectivity index (χ0) is 21.6. The molecule has 0 atom stereocenters. The van der Waals surface area contributed by atoms with Crippen LogP contribution in [0.3, 0.4) is 0 Å². The van der Waals surface area contributed by atoms with Gasteiger partial charge in [-0.3, -0.25) is 4.79 Å². The Balaban J connectivity index is 1.36. The highest BCUT2D eigenvalue weighted by molar-refractivity contribution is 5.95. The number of nitrogens with zero attached hydrogens (tertiary/aromatic N) is 2. The first-order valence-electron chi connectivity index (χ1n) is 10.3. The molecule has 3 N–H and O–H groups in total. The van der Waals surface area contributed by atoms with Crippen molar-refractivity contribution in [2.45, 2.75) is 12.8 Å². The second-order valence-corrected chi connectivity index (χ2v) is 7.42. The smallest absolute Gasteiger partial charge is 0.335 e. The molecule has 8 nitrogen and oxygen atoms in total. The Morgan fingerprint density at radius 1 is 1.06 bits per heavy atom. The van der Waals surface area contributed by atoms with Crippen LogP contribution in [0.4, 0.5) is 11.7 Å². The van der Waals surface area contributed by atoms with Gasteiger partial charge in [0.15, 0.2) is 5.76 Å². The topological polar surface area (TPSA) is 108 Å². The highest BCUT2D eigenvalue weighted by Gasteiger charge is 2.13. The Hall–Kier alpha value is -3.65. The van der Waals surface area contributed by atoms with E-state index in [0.717, 1.165) is 25.2 Å². The summed E-state index contributed by atoms with van der Waals surface area (Å²) in [6, 6.07) is 13.8. The molecule has 1 saturated heterocycles. The molecule has 1 aliphatic rings. The third-order valence-corrected chi connectivity index (χ3v) is 5.21. The van der Waals surface area contributed by atoms with Gasteiger partial charge in [-0.1, -0.05) is 18.2 Å². The average molecular weight is 420 g/mol. The van der Waals surface area contributed by atoms with Gasteiger partial charge in [0.05, 0.1) is 11.8 Å². The number of carbonyl (C=O) groups is 2. The number of anilines is 2. The average Bonchev–Trinajstić information content (AvgIpc) is 3.46. The first-order chi connectivity index (χ1) is 15.1. The fourth-order valence-corrected chi connectivity index (χ4v) is 3.54. The number of hydrogen-bond acceptors (Lipinski definition) is 6. The number of benzene rings is 2. The monoisotopic (exact) mass is 420 g/mol. The number of aromatic nitrogens is 1. The maximum absolute atomic E-state index is 12.4. The molecule has 0 unspecified atom stereocenters. The van der Waals surface area contributed by atoms with E-state index in [-0.39, 0.29) is 17.5 Å². The molecule has 2 aromatic carbocycles. The Morgan fingerprint density at radius 2 is 1.84 bits per heavy atom. The van der Waals surface area contributed by atoms with Crippen molar-refractivity contribution in [2.75, 3.05) is 31.5 Å². The van der Waals surface area contributed by atoms with Gasteiger partial charge in [0.2, 0.25) is 0 Å². The first kappa shape index (κ1) is 20.6. The fourth-order valence-electron chi connectivity index (χ4n) is 3.54. The molecule has 1 amide bonds. The van der Waals surface area contributed by atoms with Crippen LogP contribution < -0.4 is 10.6 Å². The predicted molar refractivity (Wildman–Crippen MR) is 117 cm³/mol. The van der Waals surface area contributed by atoms with Gasteiger partial charge < -0.3 is 25.1 Å². The molecule has 2 heterocycles. The van der Waals surface area contributed by atoms with E-state index >= 15 is 0 Å². The van der Waals surface area contributed by atoms with E-state index in [2.05, 4.69) is 20.5 Å². The summed E-state index contributed by atoms with van der Waals surface area (Å²) in [6.45, 7) is 3.71. The maximum Gasteiger partial charge on any atom is 0.335 e. The van der Waals surface area contributed by atoms with Gasteiger partial charge in [0.1, 0.15) is 0 Å². The van der Waals surface area contributed by atoms with Crippen molar-refractivity contribution in [1.29, 1.82) is 0 Å². The zero-order valence-corrected chi connectivity index (χ0v) is 17.0. The van der Waals surface area contributed by atoms with Crippen LogP contribution >= 0.6 is 0 Å². The first-order valence-corrected chi connectivity index (χ1v) is 10.3. The van der Waals surface area contributed by atoms with Crippen LogP contribution in [0.15, 0.2) is 59.1 Å². The summed E-state index contributed by atoms with van der Waals surface area (Å²) in [4.78, 5) is 30.0. The quantitative estimate of drug-likeness (QED) is 0.511. The zero-order valence-electron chi connectivity index (χ0n) is 17.0. The van der Waals surface area contributed by atoms with Gasteiger partial charge in [-0.2, -0.15) is 0 Å². The van der Waals surface area contributed by atoms with Gasteiger partial charge in [0, 0.05) is 29.9 Å². The van der Waals surface area contributed by atoms with E-state index in [1.807, 2.05) is 6.07 Å². The van der Waals surface area contributed by atoms with Crippen LogP contribution in [-0.4, -0.2) is 53.0 Å². The molecule has 4 rings (SSSR count). The van der Waals surface area contributed by atoms with Crippen molar-refractivity contribution in [2.24, 2.45) is 0 Å². The summed E-state index contributed by atoms with van der Waals surface area (Å²) in [6.07, 6.45) is 4.03. The Bertz CT molecular complexity index is 1060. The van der Waals surface area contributed by atoms with Gasteiger partial charge in [-0.05, 0) is 56.3 Å². The summed E-state index contributed by atoms with van der Waals surface area (Å²) >= 11 is 0. The second kappa shape index (κ2) is 9.44. The van der Waals surface area contributed by atoms with Crippen LogP contribution in [0.5, 0.6) is 0 Å². The van der Waals surface area contributed by atoms with Crippen LogP contribution in [0.1, 0.15) is 33.6 Å². The predicted octanol–water partition coefficient (Wildman–Crippen LogP) is 3.61. The van der Waals surface area contributed by atoms with E-state index < -0.39 is 5.97 Å². The van der Waals surface area contributed by atoms with E-state index in [9.17, 15) is 9.59 Å². The lowest BCUT2D eigenvalue weighted by Crippen LogP contribution is -2.33. The van der Waals surface area contributed by atoms with Crippen LogP contribution in [-0.2, 0) is 0 Å². The van der Waals surface area contributed by atoms with Crippen molar-refractivity contribution in [3.05, 3.63) is 65.9 Å². The lowest BCUT2D eigenvalue weighted by atomic mass is 10.1. The van der Waals surface area contributed by atoms with Crippen LogP contribution in [0, 0.1) is 0 Å². The van der Waals surface area contributed by atoms with Gasteiger partial charge in [-0.25, -0.2) is 9.78 Å². The molecule has 0 aliphatic carbocycles.